The van der Waals surface area contributed by atoms with E-state index in [0.29, 0.717) is 22.2 Å². The molecule has 2 aromatic carbocycles. The first-order chi connectivity index (χ1) is 12.2. The second-order valence-electron chi connectivity index (χ2n) is 5.78. The van der Waals surface area contributed by atoms with Gasteiger partial charge in [0.05, 0.1) is 21.5 Å². The van der Waals surface area contributed by atoms with Crippen LogP contribution in [0.25, 0.3) is 11.0 Å². The Morgan fingerprint density at radius 1 is 1.19 bits per heavy atom. The standard InChI is InChI=1S/C17H14Cl2N2O4S/c1-26(23,24)8-11-10-4-2-3-5-14(10)25-16(11)17(22)21-9-6-12(18)15(20)13(19)7-9/h2-7H,8,20H2,1H3,(H,21,22). The minimum Gasteiger partial charge on any atom is -0.451 e. The maximum Gasteiger partial charge on any atom is 0.291 e. The van der Waals surface area contributed by atoms with Crippen LogP contribution in [-0.2, 0) is 15.6 Å². The molecular weight excluding hydrogens is 399 g/mol. The van der Waals surface area contributed by atoms with Crippen molar-refractivity contribution in [1.29, 1.82) is 0 Å². The summed E-state index contributed by atoms with van der Waals surface area (Å²) in [6.07, 6.45) is 1.09. The third kappa shape index (κ3) is 3.80. The Hall–Kier alpha value is -2.22. The van der Waals surface area contributed by atoms with Crippen LogP contribution in [0, 0.1) is 0 Å². The number of fused-ring (bicyclic) bond motifs is 1. The highest BCUT2D eigenvalue weighted by molar-refractivity contribution is 7.89. The van der Waals surface area contributed by atoms with E-state index in [1.54, 1.807) is 24.3 Å². The Morgan fingerprint density at radius 2 is 1.81 bits per heavy atom. The van der Waals surface area contributed by atoms with E-state index in [-0.39, 0.29) is 27.2 Å². The molecule has 0 aliphatic heterocycles. The predicted octanol–water partition coefficient (Wildman–Crippen LogP) is 4.12. The van der Waals surface area contributed by atoms with Gasteiger partial charge in [0.1, 0.15) is 5.58 Å². The van der Waals surface area contributed by atoms with Gasteiger partial charge in [0.15, 0.2) is 15.6 Å². The van der Waals surface area contributed by atoms with Crippen molar-refractivity contribution in [2.45, 2.75) is 5.75 Å². The van der Waals surface area contributed by atoms with Crippen molar-refractivity contribution in [3.63, 3.8) is 0 Å². The molecule has 0 aliphatic rings. The Balaban J connectivity index is 2.04. The van der Waals surface area contributed by atoms with E-state index in [4.69, 9.17) is 33.4 Å². The molecule has 136 valence electrons. The van der Waals surface area contributed by atoms with E-state index in [2.05, 4.69) is 5.32 Å². The lowest BCUT2D eigenvalue weighted by Gasteiger charge is -2.08. The lowest BCUT2D eigenvalue weighted by molar-refractivity contribution is 0.0998. The van der Waals surface area contributed by atoms with Crippen molar-refractivity contribution in [3.8, 4) is 0 Å². The van der Waals surface area contributed by atoms with Crippen LogP contribution in [0.2, 0.25) is 10.0 Å². The van der Waals surface area contributed by atoms with Crippen LogP contribution in [0.4, 0.5) is 11.4 Å². The number of hydrogen-bond donors (Lipinski definition) is 2. The van der Waals surface area contributed by atoms with Crippen molar-refractivity contribution < 1.29 is 17.6 Å². The first-order valence-electron chi connectivity index (χ1n) is 7.39. The van der Waals surface area contributed by atoms with E-state index < -0.39 is 15.7 Å². The third-order valence-corrected chi connectivity index (χ3v) is 5.09. The number of rotatable bonds is 4. The zero-order chi connectivity index (χ0) is 19.1. The van der Waals surface area contributed by atoms with Crippen LogP contribution in [0.1, 0.15) is 16.1 Å². The molecule has 1 heterocycles. The van der Waals surface area contributed by atoms with E-state index in [9.17, 15) is 13.2 Å². The van der Waals surface area contributed by atoms with Gasteiger partial charge in [0, 0.05) is 22.9 Å². The molecule has 0 fully saturated rings. The summed E-state index contributed by atoms with van der Waals surface area (Å²) in [5.74, 6) is -1.02. The molecule has 9 heteroatoms. The molecule has 0 bridgehead atoms. The van der Waals surface area contributed by atoms with Crippen molar-refractivity contribution in [1.82, 2.24) is 0 Å². The number of nitrogens with two attached hydrogens (primary N) is 1. The van der Waals surface area contributed by atoms with E-state index in [1.165, 1.54) is 12.1 Å². The topological polar surface area (TPSA) is 102 Å². The highest BCUT2D eigenvalue weighted by Gasteiger charge is 2.23. The number of carbonyl (C=O) groups excluding carboxylic acids is 1. The number of sulfone groups is 1. The smallest absolute Gasteiger partial charge is 0.291 e. The molecule has 0 radical (unpaired) electrons. The molecule has 26 heavy (non-hydrogen) atoms. The quantitative estimate of drug-likeness (QED) is 0.627. The van der Waals surface area contributed by atoms with Crippen LogP contribution < -0.4 is 11.1 Å². The van der Waals surface area contributed by atoms with Crippen molar-refractivity contribution in [2.24, 2.45) is 0 Å². The maximum atomic E-state index is 12.7. The average Bonchev–Trinajstić information content (AvgIpc) is 2.90. The number of nitrogens with one attached hydrogen (secondary N) is 1. The summed E-state index contributed by atoms with van der Waals surface area (Å²) in [6.45, 7) is 0. The lowest BCUT2D eigenvalue weighted by Crippen LogP contribution is -2.14. The lowest BCUT2D eigenvalue weighted by atomic mass is 10.1. The number of amides is 1. The van der Waals surface area contributed by atoms with Crippen molar-refractivity contribution in [2.75, 3.05) is 17.3 Å². The minimum absolute atomic E-state index is 0.0827. The van der Waals surface area contributed by atoms with Crippen molar-refractivity contribution in [3.05, 3.63) is 57.8 Å². The van der Waals surface area contributed by atoms with Crippen LogP contribution >= 0.6 is 23.2 Å². The molecule has 0 aliphatic carbocycles. The number of benzene rings is 2. The second-order valence-corrected chi connectivity index (χ2v) is 8.74. The van der Waals surface area contributed by atoms with Crippen LogP contribution in [0.5, 0.6) is 0 Å². The summed E-state index contributed by atoms with van der Waals surface area (Å²) < 4.78 is 29.2. The SMILES string of the molecule is CS(=O)(=O)Cc1c(C(=O)Nc2cc(Cl)c(N)c(Cl)c2)oc2ccccc12. The Kier molecular flexibility index (Phi) is 4.88. The van der Waals surface area contributed by atoms with Gasteiger partial charge < -0.3 is 15.5 Å². The minimum atomic E-state index is -3.39. The number of halogens is 2. The van der Waals surface area contributed by atoms with Gasteiger partial charge in [-0.3, -0.25) is 4.79 Å². The summed E-state index contributed by atoms with van der Waals surface area (Å²) in [6, 6.07) is 9.73. The van der Waals surface area contributed by atoms with Crippen molar-refractivity contribution >= 4 is 61.3 Å². The van der Waals surface area contributed by atoms with Gasteiger partial charge in [-0.05, 0) is 18.2 Å². The fraction of sp³-hybridized carbons (Fsp3) is 0.118. The molecule has 0 saturated heterocycles. The highest BCUT2D eigenvalue weighted by Crippen LogP contribution is 2.32. The predicted molar refractivity (Wildman–Crippen MR) is 104 cm³/mol. The second kappa shape index (κ2) is 6.83. The molecule has 0 unspecified atom stereocenters. The molecule has 3 N–H and O–H groups in total. The van der Waals surface area contributed by atoms with Crippen LogP contribution in [0.3, 0.4) is 0 Å². The summed E-state index contributed by atoms with van der Waals surface area (Å²) >= 11 is 11.9. The molecule has 1 amide bonds. The fourth-order valence-corrected chi connectivity index (χ4v) is 3.83. The molecule has 0 saturated carbocycles. The first kappa shape index (κ1) is 18.6. The largest absolute Gasteiger partial charge is 0.451 e. The van der Waals surface area contributed by atoms with Gasteiger partial charge in [-0.1, -0.05) is 41.4 Å². The number of furan rings is 1. The van der Waals surface area contributed by atoms with Crippen LogP contribution in [0.15, 0.2) is 40.8 Å². The number of para-hydroxylation sites is 1. The number of anilines is 2. The zero-order valence-electron chi connectivity index (χ0n) is 13.5. The van der Waals surface area contributed by atoms with E-state index in [0.717, 1.165) is 6.26 Å². The van der Waals surface area contributed by atoms with Gasteiger partial charge in [-0.2, -0.15) is 0 Å². The van der Waals surface area contributed by atoms with Crippen LogP contribution in [-0.4, -0.2) is 20.6 Å². The third-order valence-electron chi connectivity index (χ3n) is 3.65. The molecule has 6 nitrogen and oxygen atoms in total. The van der Waals surface area contributed by atoms with Gasteiger partial charge in [0.2, 0.25) is 0 Å². The number of hydrogen-bond acceptors (Lipinski definition) is 5. The summed E-state index contributed by atoms with van der Waals surface area (Å²) in [5.41, 5.74) is 6.91. The molecular formula is C17H14Cl2N2O4S. The Bertz CT molecular complexity index is 1100. The van der Waals surface area contributed by atoms with Gasteiger partial charge in [-0.15, -0.1) is 0 Å². The summed E-state index contributed by atoms with van der Waals surface area (Å²) in [7, 11) is -3.39. The van der Waals surface area contributed by atoms with Gasteiger partial charge in [-0.25, -0.2) is 8.42 Å². The van der Waals surface area contributed by atoms with Gasteiger partial charge in [0.25, 0.3) is 5.91 Å². The van der Waals surface area contributed by atoms with E-state index >= 15 is 0 Å². The maximum absolute atomic E-state index is 12.7. The van der Waals surface area contributed by atoms with Gasteiger partial charge >= 0.3 is 0 Å². The molecule has 3 rings (SSSR count). The Morgan fingerprint density at radius 3 is 2.42 bits per heavy atom. The number of carbonyl (C=O) groups is 1. The highest BCUT2D eigenvalue weighted by atomic mass is 35.5. The molecule has 3 aromatic rings. The summed E-state index contributed by atoms with van der Waals surface area (Å²) in [5, 5.41) is 3.55. The molecule has 0 spiro atoms. The monoisotopic (exact) mass is 412 g/mol. The molecule has 1 aromatic heterocycles. The first-order valence-corrected chi connectivity index (χ1v) is 10.2. The number of nitrogen functional groups attached to an aromatic ring is 1. The zero-order valence-corrected chi connectivity index (χ0v) is 15.9. The van der Waals surface area contributed by atoms with E-state index in [1.807, 2.05) is 0 Å². The summed E-state index contributed by atoms with van der Waals surface area (Å²) in [4.78, 5) is 12.7. The Labute approximate surface area is 159 Å². The normalized spacial score (nSPS) is 11.7. The average molecular weight is 413 g/mol. The molecule has 0 atom stereocenters. The fourth-order valence-electron chi connectivity index (χ4n) is 2.53.